The maximum atomic E-state index is 12.6. The Hall–Kier alpha value is -3.39. The van der Waals surface area contributed by atoms with Gasteiger partial charge in [-0.15, -0.1) is 0 Å². The van der Waals surface area contributed by atoms with Gasteiger partial charge in [-0.3, -0.25) is 9.59 Å². The SMILES string of the molecule is CCOc1cc(/C=N\NC(=O)c2ccccc2-n2cccc2)cc(Br)c1OC(C)=O. The molecule has 7 nitrogen and oxygen atoms in total. The summed E-state index contributed by atoms with van der Waals surface area (Å²) in [5.41, 5.74) is 4.44. The fourth-order valence-corrected chi connectivity index (χ4v) is 3.32. The molecule has 0 unspecified atom stereocenters. The number of hydrogen-bond acceptors (Lipinski definition) is 5. The number of halogens is 1. The molecule has 0 aliphatic heterocycles. The van der Waals surface area contributed by atoms with Crippen LogP contribution < -0.4 is 14.9 Å². The second-order valence-electron chi connectivity index (χ2n) is 6.16. The molecular formula is C22H20BrN3O4. The number of hydrazone groups is 1. The van der Waals surface area contributed by atoms with Gasteiger partial charge in [0.15, 0.2) is 11.5 Å². The minimum atomic E-state index is -0.452. The molecule has 0 radical (unpaired) electrons. The van der Waals surface area contributed by atoms with Crippen molar-refractivity contribution in [3.63, 3.8) is 0 Å². The quantitative estimate of drug-likeness (QED) is 0.241. The van der Waals surface area contributed by atoms with Crippen molar-refractivity contribution in [3.05, 3.63) is 76.5 Å². The topological polar surface area (TPSA) is 81.9 Å². The van der Waals surface area contributed by atoms with Gasteiger partial charge in [-0.05, 0) is 64.8 Å². The lowest BCUT2D eigenvalue weighted by atomic mass is 10.1. The number of nitrogens with one attached hydrogen (secondary N) is 1. The predicted molar refractivity (Wildman–Crippen MR) is 117 cm³/mol. The summed E-state index contributed by atoms with van der Waals surface area (Å²) in [7, 11) is 0. The van der Waals surface area contributed by atoms with Crippen LogP contribution in [-0.2, 0) is 4.79 Å². The summed E-state index contributed by atoms with van der Waals surface area (Å²) in [6.07, 6.45) is 5.22. The molecule has 1 amide bonds. The van der Waals surface area contributed by atoms with Crippen LogP contribution in [0.2, 0.25) is 0 Å². The van der Waals surface area contributed by atoms with E-state index in [1.54, 1.807) is 24.3 Å². The van der Waals surface area contributed by atoms with Crippen molar-refractivity contribution in [2.45, 2.75) is 13.8 Å². The summed E-state index contributed by atoms with van der Waals surface area (Å²) in [5.74, 6) is -0.0955. The van der Waals surface area contributed by atoms with E-state index in [0.717, 1.165) is 5.69 Å². The first kappa shape index (κ1) is 21.3. The van der Waals surface area contributed by atoms with E-state index in [1.807, 2.05) is 48.1 Å². The Kier molecular flexibility index (Phi) is 7.03. The normalized spacial score (nSPS) is 10.8. The molecule has 8 heteroatoms. The Morgan fingerprint density at radius 3 is 2.60 bits per heavy atom. The fourth-order valence-electron chi connectivity index (χ4n) is 2.78. The molecule has 3 aromatic rings. The highest BCUT2D eigenvalue weighted by molar-refractivity contribution is 9.10. The number of carbonyl (C=O) groups excluding carboxylic acids is 2. The van der Waals surface area contributed by atoms with Crippen LogP contribution in [-0.4, -0.2) is 29.3 Å². The Bertz CT molecular complexity index is 1080. The average molecular weight is 470 g/mol. The summed E-state index contributed by atoms with van der Waals surface area (Å²) < 4.78 is 13.2. The van der Waals surface area contributed by atoms with Gasteiger partial charge in [0.1, 0.15) is 0 Å². The smallest absolute Gasteiger partial charge is 0.308 e. The largest absolute Gasteiger partial charge is 0.490 e. The van der Waals surface area contributed by atoms with E-state index in [9.17, 15) is 9.59 Å². The van der Waals surface area contributed by atoms with Gasteiger partial charge in [0.2, 0.25) is 0 Å². The Balaban J connectivity index is 1.79. The van der Waals surface area contributed by atoms with E-state index in [2.05, 4.69) is 26.5 Å². The molecule has 0 aliphatic carbocycles. The lowest BCUT2D eigenvalue weighted by Crippen LogP contribution is -2.19. The molecule has 0 fully saturated rings. The maximum absolute atomic E-state index is 12.6. The molecular weight excluding hydrogens is 450 g/mol. The van der Waals surface area contributed by atoms with Gasteiger partial charge in [0, 0.05) is 19.3 Å². The van der Waals surface area contributed by atoms with Crippen LogP contribution in [0.4, 0.5) is 0 Å². The Morgan fingerprint density at radius 2 is 1.90 bits per heavy atom. The van der Waals surface area contributed by atoms with Crippen molar-refractivity contribution < 1.29 is 19.1 Å². The minimum Gasteiger partial charge on any atom is -0.490 e. The highest BCUT2D eigenvalue weighted by atomic mass is 79.9. The number of carbonyl (C=O) groups is 2. The lowest BCUT2D eigenvalue weighted by molar-refractivity contribution is -0.132. The number of amides is 1. The molecule has 0 aliphatic rings. The minimum absolute atomic E-state index is 0.297. The average Bonchev–Trinajstić information content (AvgIpc) is 3.25. The van der Waals surface area contributed by atoms with Gasteiger partial charge >= 0.3 is 5.97 Å². The third kappa shape index (κ3) is 5.15. The van der Waals surface area contributed by atoms with Gasteiger partial charge < -0.3 is 14.0 Å². The van der Waals surface area contributed by atoms with Crippen molar-refractivity contribution >= 4 is 34.0 Å². The second-order valence-corrected chi connectivity index (χ2v) is 7.02. The predicted octanol–water partition coefficient (Wildman–Crippen LogP) is 4.33. The van der Waals surface area contributed by atoms with E-state index in [1.165, 1.54) is 13.1 Å². The van der Waals surface area contributed by atoms with Gasteiger partial charge in [-0.2, -0.15) is 5.10 Å². The standard InChI is InChI=1S/C22H20BrN3O4/c1-3-29-20-13-16(12-18(23)21(20)30-15(2)27)14-24-25-22(28)17-8-4-5-9-19(17)26-10-6-7-11-26/h4-14H,3H2,1-2H3,(H,25,28)/b24-14-. The van der Waals surface area contributed by atoms with Crippen molar-refractivity contribution in [2.75, 3.05) is 6.61 Å². The highest BCUT2D eigenvalue weighted by Gasteiger charge is 2.14. The lowest BCUT2D eigenvalue weighted by Gasteiger charge is -2.12. The zero-order chi connectivity index (χ0) is 21.5. The number of aromatic nitrogens is 1. The summed E-state index contributed by atoms with van der Waals surface area (Å²) in [4.78, 5) is 24.0. The molecule has 3 rings (SSSR count). The van der Waals surface area contributed by atoms with Crippen LogP contribution in [0.25, 0.3) is 5.69 Å². The monoisotopic (exact) mass is 469 g/mol. The van der Waals surface area contributed by atoms with Gasteiger partial charge in [0.25, 0.3) is 5.91 Å². The number of para-hydroxylation sites is 1. The summed E-state index contributed by atoms with van der Waals surface area (Å²) in [6.45, 7) is 3.54. The number of hydrogen-bond donors (Lipinski definition) is 1. The van der Waals surface area contributed by atoms with Crippen LogP contribution in [0.3, 0.4) is 0 Å². The maximum Gasteiger partial charge on any atom is 0.308 e. The molecule has 1 N–H and O–H groups in total. The molecule has 1 aromatic heterocycles. The molecule has 0 saturated carbocycles. The molecule has 30 heavy (non-hydrogen) atoms. The van der Waals surface area contributed by atoms with Crippen molar-refractivity contribution in [2.24, 2.45) is 5.10 Å². The number of benzene rings is 2. The first-order valence-electron chi connectivity index (χ1n) is 9.20. The van der Waals surface area contributed by atoms with Gasteiger partial charge in [-0.1, -0.05) is 12.1 Å². The third-order valence-corrected chi connectivity index (χ3v) is 4.58. The number of esters is 1. The van der Waals surface area contributed by atoms with E-state index >= 15 is 0 Å². The summed E-state index contributed by atoms with van der Waals surface area (Å²) >= 11 is 3.38. The molecule has 0 spiro atoms. The van der Waals surface area contributed by atoms with Crippen molar-refractivity contribution in [1.29, 1.82) is 0 Å². The van der Waals surface area contributed by atoms with E-state index in [-0.39, 0.29) is 5.91 Å². The molecule has 2 aromatic carbocycles. The van der Waals surface area contributed by atoms with E-state index in [4.69, 9.17) is 9.47 Å². The zero-order valence-corrected chi connectivity index (χ0v) is 18.0. The fraction of sp³-hybridized carbons (Fsp3) is 0.136. The van der Waals surface area contributed by atoms with Crippen LogP contribution in [0, 0.1) is 0 Å². The van der Waals surface area contributed by atoms with E-state index in [0.29, 0.717) is 33.7 Å². The first-order chi connectivity index (χ1) is 14.5. The number of ether oxygens (including phenoxy) is 2. The van der Waals surface area contributed by atoms with Crippen molar-refractivity contribution in [3.8, 4) is 17.2 Å². The molecule has 0 atom stereocenters. The second kappa shape index (κ2) is 9.89. The van der Waals surface area contributed by atoms with Gasteiger partial charge in [-0.25, -0.2) is 5.43 Å². The van der Waals surface area contributed by atoms with Crippen LogP contribution in [0.1, 0.15) is 29.8 Å². The van der Waals surface area contributed by atoms with Gasteiger partial charge in [0.05, 0.1) is 28.5 Å². The number of rotatable bonds is 7. The van der Waals surface area contributed by atoms with Crippen LogP contribution in [0.15, 0.2) is 70.5 Å². The summed E-state index contributed by atoms with van der Waals surface area (Å²) in [6, 6.07) is 14.4. The first-order valence-corrected chi connectivity index (χ1v) is 9.99. The van der Waals surface area contributed by atoms with Crippen LogP contribution >= 0.6 is 15.9 Å². The van der Waals surface area contributed by atoms with E-state index < -0.39 is 5.97 Å². The summed E-state index contributed by atoms with van der Waals surface area (Å²) in [5, 5.41) is 4.06. The molecule has 1 heterocycles. The molecule has 0 bridgehead atoms. The van der Waals surface area contributed by atoms with Crippen LogP contribution in [0.5, 0.6) is 11.5 Å². The molecule has 154 valence electrons. The molecule has 0 saturated heterocycles. The van der Waals surface area contributed by atoms with Crippen molar-refractivity contribution in [1.82, 2.24) is 9.99 Å². The zero-order valence-electron chi connectivity index (χ0n) is 16.5. The third-order valence-electron chi connectivity index (χ3n) is 3.99. The highest BCUT2D eigenvalue weighted by Crippen LogP contribution is 2.36. The Morgan fingerprint density at radius 1 is 1.17 bits per heavy atom. The number of nitrogens with zero attached hydrogens (tertiary/aromatic N) is 2. The Labute approximate surface area is 182 Å².